The minimum Gasteiger partial charge on any atom is -0.373 e. The highest BCUT2D eigenvalue weighted by Crippen LogP contribution is 2.21. The lowest BCUT2D eigenvalue weighted by Gasteiger charge is -2.13. The van der Waals surface area contributed by atoms with E-state index in [1.165, 1.54) is 24.8 Å². The van der Waals surface area contributed by atoms with Crippen LogP contribution in [0.3, 0.4) is 0 Å². The molecule has 0 radical (unpaired) electrons. The SMILES string of the molecule is CCCCCNc1ncnc(NC)c1CCC. The Hall–Kier alpha value is -1.32. The minimum absolute atomic E-state index is 0.944. The van der Waals surface area contributed by atoms with Gasteiger partial charge in [0, 0.05) is 19.2 Å². The number of hydrogen-bond donors (Lipinski definition) is 2. The molecule has 2 N–H and O–H groups in total. The number of aromatic nitrogens is 2. The van der Waals surface area contributed by atoms with Gasteiger partial charge < -0.3 is 10.6 Å². The molecule has 96 valence electrons. The summed E-state index contributed by atoms with van der Waals surface area (Å²) in [6, 6.07) is 0. The van der Waals surface area contributed by atoms with Crippen LogP contribution in [0, 0.1) is 0 Å². The van der Waals surface area contributed by atoms with E-state index in [-0.39, 0.29) is 0 Å². The van der Waals surface area contributed by atoms with E-state index in [0.717, 1.165) is 31.0 Å². The Morgan fingerprint density at radius 2 is 1.82 bits per heavy atom. The summed E-state index contributed by atoms with van der Waals surface area (Å²) < 4.78 is 0. The quantitative estimate of drug-likeness (QED) is 0.681. The van der Waals surface area contributed by atoms with Gasteiger partial charge in [0.25, 0.3) is 0 Å². The number of rotatable bonds is 8. The molecule has 0 aliphatic heterocycles. The Labute approximate surface area is 104 Å². The van der Waals surface area contributed by atoms with E-state index in [2.05, 4.69) is 34.4 Å². The molecule has 0 aliphatic carbocycles. The molecule has 1 aromatic rings. The third-order valence-corrected chi connectivity index (χ3v) is 2.75. The van der Waals surface area contributed by atoms with Gasteiger partial charge in [0.05, 0.1) is 0 Å². The number of hydrogen-bond acceptors (Lipinski definition) is 4. The number of nitrogens with one attached hydrogen (secondary N) is 2. The molecule has 1 aromatic heterocycles. The molecule has 0 saturated heterocycles. The molecule has 0 fully saturated rings. The Morgan fingerprint density at radius 3 is 2.47 bits per heavy atom. The molecule has 0 atom stereocenters. The van der Waals surface area contributed by atoms with Crippen molar-refractivity contribution in [2.45, 2.75) is 46.0 Å². The summed E-state index contributed by atoms with van der Waals surface area (Å²) in [6.45, 7) is 5.38. The topological polar surface area (TPSA) is 49.8 Å². The van der Waals surface area contributed by atoms with Gasteiger partial charge in [-0.05, 0) is 12.8 Å². The van der Waals surface area contributed by atoms with Crippen molar-refractivity contribution in [3.8, 4) is 0 Å². The predicted octanol–water partition coefficient (Wildman–Crippen LogP) is 3.07. The van der Waals surface area contributed by atoms with Gasteiger partial charge in [-0.1, -0.05) is 33.1 Å². The summed E-state index contributed by atoms with van der Waals surface area (Å²) in [6.07, 6.45) is 7.43. The van der Waals surface area contributed by atoms with Crippen molar-refractivity contribution in [2.24, 2.45) is 0 Å². The van der Waals surface area contributed by atoms with Crippen molar-refractivity contribution in [1.29, 1.82) is 0 Å². The van der Waals surface area contributed by atoms with Crippen LogP contribution < -0.4 is 10.6 Å². The van der Waals surface area contributed by atoms with Crippen LogP contribution in [0.2, 0.25) is 0 Å². The number of unbranched alkanes of at least 4 members (excludes halogenated alkanes) is 2. The first-order valence-electron chi connectivity index (χ1n) is 6.58. The first-order chi connectivity index (χ1) is 8.33. The highest BCUT2D eigenvalue weighted by Gasteiger charge is 2.08. The van der Waals surface area contributed by atoms with E-state index in [9.17, 15) is 0 Å². The van der Waals surface area contributed by atoms with Crippen LogP contribution in [-0.4, -0.2) is 23.6 Å². The Kier molecular flexibility index (Phi) is 6.37. The monoisotopic (exact) mass is 236 g/mol. The second-order valence-electron chi connectivity index (χ2n) is 4.18. The predicted molar refractivity (Wildman–Crippen MR) is 73.6 cm³/mol. The average Bonchev–Trinajstić information content (AvgIpc) is 2.36. The minimum atomic E-state index is 0.944. The second-order valence-corrected chi connectivity index (χ2v) is 4.18. The zero-order valence-electron chi connectivity index (χ0n) is 11.2. The van der Waals surface area contributed by atoms with Crippen molar-refractivity contribution < 1.29 is 0 Å². The van der Waals surface area contributed by atoms with Crippen molar-refractivity contribution >= 4 is 11.6 Å². The summed E-state index contributed by atoms with van der Waals surface area (Å²) >= 11 is 0. The normalized spacial score (nSPS) is 10.3. The van der Waals surface area contributed by atoms with Gasteiger partial charge in [0.2, 0.25) is 0 Å². The number of anilines is 2. The molecular weight excluding hydrogens is 212 g/mol. The molecule has 0 amide bonds. The van der Waals surface area contributed by atoms with Crippen LogP contribution in [-0.2, 0) is 6.42 Å². The van der Waals surface area contributed by atoms with Gasteiger partial charge in [-0.3, -0.25) is 0 Å². The second kappa shape index (κ2) is 7.87. The zero-order chi connectivity index (χ0) is 12.5. The van der Waals surface area contributed by atoms with Crippen LogP contribution in [0.5, 0.6) is 0 Å². The van der Waals surface area contributed by atoms with Crippen molar-refractivity contribution in [2.75, 3.05) is 24.2 Å². The molecule has 4 heteroatoms. The Bertz CT molecular complexity index is 325. The molecule has 4 nitrogen and oxygen atoms in total. The van der Waals surface area contributed by atoms with E-state index in [1.54, 1.807) is 6.33 Å². The van der Waals surface area contributed by atoms with E-state index in [4.69, 9.17) is 0 Å². The van der Waals surface area contributed by atoms with Crippen LogP contribution in [0.15, 0.2) is 6.33 Å². The summed E-state index contributed by atoms with van der Waals surface area (Å²) in [5.74, 6) is 1.93. The smallest absolute Gasteiger partial charge is 0.134 e. The van der Waals surface area contributed by atoms with Crippen LogP contribution in [0.4, 0.5) is 11.6 Å². The summed E-state index contributed by atoms with van der Waals surface area (Å²) in [4.78, 5) is 8.60. The summed E-state index contributed by atoms with van der Waals surface area (Å²) in [5.41, 5.74) is 1.20. The third-order valence-electron chi connectivity index (χ3n) is 2.75. The fourth-order valence-corrected chi connectivity index (χ4v) is 1.85. The standard InChI is InChI=1S/C13H24N4/c1-4-6-7-9-15-13-11(8-5-2)12(14-3)16-10-17-13/h10H,4-9H2,1-3H3,(H2,14,15,16,17). The fourth-order valence-electron chi connectivity index (χ4n) is 1.85. The van der Waals surface area contributed by atoms with E-state index in [1.807, 2.05) is 7.05 Å². The highest BCUT2D eigenvalue weighted by atomic mass is 15.1. The van der Waals surface area contributed by atoms with Crippen molar-refractivity contribution in [3.63, 3.8) is 0 Å². The molecule has 0 aromatic carbocycles. The molecule has 0 bridgehead atoms. The fraction of sp³-hybridized carbons (Fsp3) is 0.692. The molecule has 1 heterocycles. The largest absolute Gasteiger partial charge is 0.373 e. The van der Waals surface area contributed by atoms with Gasteiger partial charge in [0.1, 0.15) is 18.0 Å². The highest BCUT2D eigenvalue weighted by molar-refractivity contribution is 5.57. The molecule has 0 aliphatic rings. The van der Waals surface area contributed by atoms with E-state index in [0.29, 0.717) is 0 Å². The maximum Gasteiger partial charge on any atom is 0.134 e. The molecular formula is C13H24N4. The summed E-state index contributed by atoms with van der Waals surface area (Å²) in [5, 5.41) is 6.55. The van der Waals surface area contributed by atoms with E-state index >= 15 is 0 Å². The van der Waals surface area contributed by atoms with Crippen LogP contribution in [0.1, 0.15) is 45.1 Å². The molecule has 1 rings (SSSR count). The molecule has 17 heavy (non-hydrogen) atoms. The van der Waals surface area contributed by atoms with Gasteiger partial charge >= 0.3 is 0 Å². The van der Waals surface area contributed by atoms with Crippen LogP contribution >= 0.6 is 0 Å². The maximum atomic E-state index is 4.34. The first-order valence-corrected chi connectivity index (χ1v) is 6.58. The zero-order valence-corrected chi connectivity index (χ0v) is 11.2. The van der Waals surface area contributed by atoms with E-state index < -0.39 is 0 Å². The van der Waals surface area contributed by atoms with Gasteiger partial charge in [-0.25, -0.2) is 9.97 Å². The molecule has 0 unspecified atom stereocenters. The van der Waals surface area contributed by atoms with Crippen LogP contribution in [0.25, 0.3) is 0 Å². The van der Waals surface area contributed by atoms with Gasteiger partial charge in [-0.15, -0.1) is 0 Å². The lowest BCUT2D eigenvalue weighted by molar-refractivity contribution is 0.740. The van der Waals surface area contributed by atoms with Gasteiger partial charge in [-0.2, -0.15) is 0 Å². The van der Waals surface area contributed by atoms with Crippen molar-refractivity contribution in [3.05, 3.63) is 11.9 Å². The average molecular weight is 236 g/mol. The lowest BCUT2D eigenvalue weighted by Crippen LogP contribution is -2.09. The van der Waals surface area contributed by atoms with Crippen molar-refractivity contribution in [1.82, 2.24) is 9.97 Å². The third kappa shape index (κ3) is 4.21. The number of nitrogens with zero attached hydrogens (tertiary/aromatic N) is 2. The summed E-state index contributed by atoms with van der Waals surface area (Å²) in [7, 11) is 1.91. The maximum absolute atomic E-state index is 4.34. The molecule has 0 spiro atoms. The van der Waals surface area contributed by atoms with Gasteiger partial charge in [0.15, 0.2) is 0 Å². The Morgan fingerprint density at radius 1 is 1.06 bits per heavy atom. The lowest BCUT2D eigenvalue weighted by atomic mass is 10.1. The molecule has 0 saturated carbocycles. The Balaban J connectivity index is 2.68. The first kappa shape index (κ1) is 13.7.